The molecule has 0 aliphatic rings. The van der Waals surface area contributed by atoms with Crippen LogP contribution in [-0.2, 0) is 19.2 Å². The minimum atomic E-state index is -1.27. The van der Waals surface area contributed by atoms with Crippen molar-refractivity contribution in [1.82, 2.24) is 5.32 Å². The van der Waals surface area contributed by atoms with Gasteiger partial charge in [-0.15, -0.1) is 0 Å². The van der Waals surface area contributed by atoms with Gasteiger partial charge >= 0.3 is 17.9 Å². The Bertz CT molecular complexity index is 691. The van der Waals surface area contributed by atoms with Gasteiger partial charge in [-0.05, 0) is 18.2 Å². The van der Waals surface area contributed by atoms with Crippen molar-refractivity contribution in [2.24, 2.45) is 0 Å². The minimum Gasteiger partial charge on any atom is -0.478 e. The number of carbonyl (C=O) groups is 4. The summed E-state index contributed by atoms with van der Waals surface area (Å²) in [5, 5.41) is 11.2. The average molecular weight is 321 g/mol. The summed E-state index contributed by atoms with van der Waals surface area (Å²) < 4.78 is 9.85. The number of rotatable bonds is 5. The zero-order chi connectivity index (χ0) is 17.6. The van der Waals surface area contributed by atoms with Gasteiger partial charge in [0.25, 0.3) is 0 Å². The molecule has 1 aromatic carbocycles. The zero-order valence-corrected chi connectivity index (χ0v) is 12.7. The van der Waals surface area contributed by atoms with E-state index in [2.05, 4.69) is 5.32 Å². The number of nitrogens with one attached hydrogen (secondary N) is 1. The van der Waals surface area contributed by atoms with Crippen molar-refractivity contribution in [2.45, 2.75) is 20.8 Å². The molecule has 0 atom stereocenters. The predicted molar refractivity (Wildman–Crippen MR) is 78.5 cm³/mol. The van der Waals surface area contributed by atoms with Gasteiger partial charge in [0.1, 0.15) is 0 Å². The van der Waals surface area contributed by atoms with E-state index in [0.717, 1.165) is 13.0 Å². The highest BCUT2D eigenvalue weighted by molar-refractivity contribution is 5.94. The Balaban J connectivity index is 3.34. The van der Waals surface area contributed by atoms with Crippen LogP contribution in [-0.4, -0.2) is 28.9 Å². The molecule has 1 rings (SSSR count). The van der Waals surface area contributed by atoms with Crippen molar-refractivity contribution in [1.29, 1.82) is 0 Å². The monoisotopic (exact) mass is 321 g/mol. The molecular formula is C15H15NO7. The highest BCUT2D eigenvalue weighted by Crippen LogP contribution is 2.31. The van der Waals surface area contributed by atoms with E-state index >= 15 is 0 Å². The van der Waals surface area contributed by atoms with Crippen molar-refractivity contribution in [2.75, 3.05) is 0 Å². The lowest BCUT2D eigenvalue weighted by Gasteiger charge is -2.12. The third-order valence-electron chi connectivity index (χ3n) is 2.34. The number of carboxylic acids is 1. The SMILES string of the molecule is CC(=O)N/C(=C\C(=O)O)c1ccc(OC(C)=O)c(OC(C)=O)c1. The lowest BCUT2D eigenvalue weighted by atomic mass is 10.1. The van der Waals surface area contributed by atoms with Crippen LogP contribution >= 0.6 is 0 Å². The molecule has 1 amide bonds. The standard InChI is InChI=1S/C15H15NO7/c1-8(17)16-12(7-15(20)21)11-4-5-13(22-9(2)18)14(6-11)23-10(3)19/h4-7H,1-3H3,(H,16,17)(H,20,21)/b12-7-. The minimum absolute atomic E-state index is 0.00560. The lowest BCUT2D eigenvalue weighted by Crippen LogP contribution is -2.19. The summed E-state index contributed by atoms with van der Waals surface area (Å²) in [6, 6.07) is 4.02. The highest BCUT2D eigenvalue weighted by atomic mass is 16.6. The fourth-order valence-corrected chi connectivity index (χ4v) is 1.65. The summed E-state index contributed by atoms with van der Waals surface area (Å²) in [6.07, 6.45) is 0.791. The maximum Gasteiger partial charge on any atom is 0.330 e. The third-order valence-corrected chi connectivity index (χ3v) is 2.34. The summed E-state index contributed by atoms with van der Waals surface area (Å²) in [6.45, 7) is 3.56. The fourth-order valence-electron chi connectivity index (χ4n) is 1.65. The first-order valence-corrected chi connectivity index (χ1v) is 6.42. The molecule has 0 aliphatic carbocycles. The Morgan fingerprint density at radius 2 is 1.57 bits per heavy atom. The number of hydrogen-bond acceptors (Lipinski definition) is 6. The van der Waals surface area contributed by atoms with Crippen molar-refractivity contribution in [3.8, 4) is 11.5 Å². The van der Waals surface area contributed by atoms with Crippen molar-refractivity contribution < 1.29 is 33.8 Å². The lowest BCUT2D eigenvalue weighted by molar-refractivity contribution is -0.134. The van der Waals surface area contributed by atoms with Crippen LogP contribution in [0.4, 0.5) is 0 Å². The van der Waals surface area contributed by atoms with Crippen LogP contribution in [0.15, 0.2) is 24.3 Å². The quantitative estimate of drug-likeness (QED) is 0.473. The summed E-state index contributed by atoms with van der Waals surface area (Å²) in [5.41, 5.74) is 0.252. The Kier molecular flexibility index (Phi) is 6.02. The zero-order valence-electron chi connectivity index (χ0n) is 12.7. The molecule has 0 aliphatic heterocycles. The molecule has 0 spiro atoms. The second kappa shape index (κ2) is 7.74. The van der Waals surface area contributed by atoms with Gasteiger partial charge < -0.3 is 19.9 Å². The van der Waals surface area contributed by atoms with Crippen LogP contribution in [0.25, 0.3) is 5.70 Å². The molecule has 1 aromatic rings. The Hall–Kier alpha value is -3.16. The van der Waals surface area contributed by atoms with Crippen molar-refractivity contribution >= 4 is 29.5 Å². The molecule has 23 heavy (non-hydrogen) atoms. The summed E-state index contributed by atoms with van der Waals surface area (Å²) in [4.78, 5) is 44.2. The molecule has 0 fully saturated rings. The van der Waals surface area contributed by atoms with Gasteiger partial charge in [0.2, 0.25) is 5.91 Å². The van der Waals surface area contributed by atoms with Gasteiger partial charge in [-0.2, -0.15) is 0 Å². The van der Waals surface area contributed by atoms with Crippen molar-refractivity contribution in [3.63, 3.8) is 0 Å². The van der Waals surface area contributed by atoms with Gasteiger partial charge in [0, 0.05) is 32.4 Å². The summed E-state index contributed by atoms with van der Waals surface area (Å²) in [5.74, 6) is -3.10. The van der Waals surface area contributed by atoms with Gasteiger partial charge in [-0.1, -0.05) is 0 Å². The third kappa shape index (κ3) is 6.00. The largest absolute Gasteiger partial charge is 0.478 e. The number of hydrogen-bond donors (Lipinski definition) is 2. The second-order valence-corrected chi connectivity index (χ2v) is 4.43. The van der Waals surface area contributed by atoms with Crippen LogP contribution < -0.4 is 14.8 Å². The molecule has 8 heteroatoms. The summed E-state index contributed by atoms with van der Waals surface area (Å²) >= 11 is 0. The molecular weight excluding hydrogens is 306 g/mol. The van der Waals surface area contributed by atoms with E-state index in [9.17, 15) is 19.2 Å². The predicted octanol–water partition coefficient (Wildman–Crippen LogP) is 1.10. The number of ether oxygens (including phenoxy) is 2. The van der Waals surface area contributed by atoms with E-state index in [1.807, 2.05) is 0 Å². The highest BCUT2D eigenvalue weighted by Gasteiger charge is 2.14. The molecule has 2 N–H and O–H groups in total. The van der Waals surface area contributed by atoms with Crippen LogP contribution in [0, 0.1) is 0 Å². The molecule has 0 bridgehead atoms. The van der Waals surface area contributed by atoms with E-state index in [-0.39, 0.29) is 22.8 Å². The van der Waals surface area contributed by atoms with Crippen LogP contribution in [0.5, 0.6) is 11.5 Å². The molecule has 0 saturated carbocycles. The van der Waals surface area contributed by atoms with E-state index in [1.54, 1.807) is 0 Å². The molecule has 0 aromatic heterocycles. The number of esters is 2. The molecule has 0 heterocycles. The fraction of sp³-hybridized carbons (Fsp3) is 0.200. The van der Waals surface area contributed by atoms with Crippen molar-refractivity contribution in [3.05, 3.63) is 29.8 Å². The van der Waals surface area contributed by atoms with Gasteiger partial charge in [0.05, 0.1) is 5.70 Å². The number of amides is 1. The molecule has 0 radical (unpaired) electrons. The Morgan fingerprint density at radius 3 is 2.04 bits per heavy atom. The van der Waals surface area contributed by atoms with E-state index in [0.29, 0.717) is 0 Å². The van der Waals surface area contributed by atoms with Gasteiger partial charge in [-0.3, -0.25) is 14.4 Å². The van der Waals surface area contributed by atoms with Crippen LogP contribution in [0.3, 0.4) is 0 Å². The van der Waals surface area contributed by atoms with E-state index in [4.69, 9.17) is 14.6 Å². The Morgan fingerprint density at radius 1 is 1.00 bits per heavy atom. The number of benzene rings is 1. The number of aliphatic carboxylic acids is 1. The summed E-state index contributed by atoms with van der Waals surface area (Å²) in [7, 11) is 0. The van der Waals surface area contributed by atoms with Gasteiger partial charge in [-0.25, -0.2) is 4.79 Å². The Labute approximate surface area is 131 Å². The molecule has 122 valence electrons. The van der Waals surface area contributed by atoms with E-state index in [1.165, 1.54) is 32.0 Å². The maximum absolute atomic E-state index is 11.2. The molecule has 0 saturated heterocycles. The van der Waals surface area contributed by atoms with Crippen LogP contribution in [0.2, 0.25) is 0 Å². The first kappa shape index (κ1) is 17.9. The second-order valence-electron chi connectivity index (χ2n) is 4.43. The smallest absolute Gasteiger partial charge is 0.330 e. The molecule has 8 nitrogen and oxygen atoms in total. The van der Waals surface area contributed by atoms with Crippen LogP contribution in [0.1, 0.15) is 26.3 Å². The normalized spacial score (nSPS) is 10.7. The number of carboxylic acid groups (broad SMARTS) is 1. The average Bonchev–Trinajstić information content (AvgIpc) is 2.37. The van der Waals surface area contributed by atoms with Gasteiger partial charge in [0.15, 0.2) is 11.5 Å². The first-order chi connectivity index (χ1) is 10.7. The first-order valence-electron chi connectivity index (χ1n) is 6.42. The molecule has 0 unspecified atom stereocenters. The maximum atomic E-state index is 11.2. The number of carbonyl (C=O) groups excluding carboxylic acids is 3. The topological polar surface area (TPSA) is 119 Å². The van der Waals surface area contributed by atoms with E-state index < -0.39 is 23.8 Å².